The van der Waals surface area contributed by atoms with E-state index in [2.05, 4.69) is 58.9 Å². The maximum Gasteiger partial charge on any atom is 0.0108 e. The highest BCUT2D eigenvalue weighted by Gasteiger charge is 2.30. The lowest BCUT2D eigenvalue weighted by Crippen LogP contribution is -2.35. The molecule has 20 heavy (non-hydrogen) atoms. The predicted molar refractivity (Wildman–Crippen MR) is 88.0 cm³/mol. The van der Waals surface area contributed by atoms with Crippen LogP contribution in [0.25, 0.3) is 0 Å². The lowest BCUT2D eigenvalue weighted by Gasteiger charge is -2.36. The molecule has 0 heterocycles. The van der Waals surface area contributed by atoms with Gasteiger partial charge in [-0.15, -0.1) is 0 Å². The molecule has 1 aromatic rings. The Balaban J connectivity index is 2.17. The minimum absolute atomic E-state index is 0.230. The molecule has 0 aromatic heterocycles. The Labute approximate surface area is 125 Å². The van der Waals surface area contributed by atoms with E-state index in [1.807, 2.05) is 0 Å². The maximum atomic E-state index is 6.40. The maximum absolute atomic E-state index is 6.40. The van der Waals surface area contributed by atoms with Crippen molar-refractivity contribution >= 4 is 0 Å². The van der Waals surface area contributed by atoms with Gasteiger partial charge in [0, 0.05) is 6.04 Å². The highest BCUT2D eigenvalue weighted by Crippen LogP contribution is 2.39. The molecule has 1 aliphatic carbocycles. The summed E-state index contributed by atoms with van der Waals surface area (Å²) >= 11 is 0. The Bertz CT molecular complexity index is 424. The second-order valence-electron chi connectivity index (χ2n) is 7.96. The minimum atomic E-state index is 0.230. The van der Waals surface area contributed by atoms with E-state index >= 15 is 0 Å². The quantitative estimate of drug-likeness (QED) is 0.819. The summed E-state index contributed by atoms with van der Waals surface area (Å²) < 4.78 is 0. The third-order valence-electron chi connectivity index (χ3n) is 5.09. The molecule has 0 amide bonds. The van der Waals surface area contributed by atoms with E-state index in [9.17, 15) is 0 Å². The van der Waals surface area contributed by atoms with Gasteiger partial charge in [-0.25, -0.2) is 0 Å². The summed E-state index contributed by atoms with van der Waals surface area (Å²) in [6, 6.07) is 9.55. The van der Waals surface area contributed by atoms with Crippen molar-refractivity contribution in [1.82, 2.24) is 0 Å². The Morgan fingerprint density at radius 3 is 2.15 bits per heavy atom. The second kappa shape index (κ2) is 5.89. The van der Waals surface area contributed by atoms with Crippen LogP contribution < -0.4 is 5.73 Å². The van der Waals surface area contributed by atoms with Crippen LogP contribution >= 0.6 is 0 Å². The normalized spacial score (nSPS) is 27.9. The van der Waals surface area contributed by atoms with Crippen molar-refractivity contribution in [1.29, 1.82) is 0 Å². The standard InChI is InChI=1S/C19H31N/c1-13(2)15-8-11-18(20)17(12-15)14-6-9-16(10-7-14)19(3,4)5/h6-7,9-10,13,15,17-18H,8,11-12,20H2,1-5H3. The van der Waals surface area contributed by atoms with Gasteiger partial charge in [0.05, 0.1) is 0 Å². The Morgan fingerprint density at radius 2 is 1.65 bits per heavy atom. The van der Waals surface area contributed by atoms with Crippen LogP contribution in [0.4, 0.5) is 0 Å². The highest BCUT2D eigenvalue weighted by atomic mass is 14.7. The Kier molecular flexibility index (Phi) is 4.59. The largest absolute Gasteiger partial charge is 0.327 e. The van der Waals surface area contributed by atoms with Crippen molar-refractivity contribution in [2.75, 3.05) is 0 Å². The molecule has 3 unspecified atom stereocenters. The van der Waals surface area contributed by atoms with Gasteiger partial charge in [0.1, 0.15) is 0 Å². The molecule has 1 aromatic carbocycles. The van der Waals surface area contributed by atoms with Gasteiger partial charge in [0.2, 0.25) is 0 Å². The molecule has 0 radical (unpaired) electrons. The van der Waals surface area contributed by atoms with Crippen LogP contribution in [0.1, 0.15) is 70.9 Å². The first kappa shape index (κ1) is 15.6. The topological polar surface area (TPSA) is 26.0 Å². The SMILES string of the molecule is CC(C)C1CCC(N)C(c2ccc(C(C)(C)C)cc2)C1. The molecule has 2 N–H and O–H groups in total. The minimum Gasteiger partial charge on any atom is -0.327 e. The zero-order valence-corrected chi connectivity index (χ0v) is 13.8. The van der Waals surface area contributed by atoms with Gasteiger partial charge < -0.3 is 5.73 Å². The zero-order chi connectivity index (χ0) is 14.9. The monoisotopic (exact) mass is 273 g/mol. The van der Waals surface area contributed by atoms with Crippen molar-refractivity contribution in [3.05, 3.63) is 35.4 Å². The fourth-order valence-electron chi connectivity index (χ4n) is 3.45. The van der Waals surface area contributed by atoms with Crippen LogP contribution in [0.2, 0.25) is 0 Å². The molecule has 1 fully saturated rings. The predicted octanol–water partition coefficient (Wildman–Crippen LogP) is 4.85. The number of rotatable bonds is 2. The summed E-state index contributed by atoms with van der Waals surface area (Å²) in [7, 11) is 0. The van der Waals surface area contributed by atoms with Crippen molar-refractivity contribution in [3.8, 4) is 0 Å². The molecule has 0 spiro atoms. The molecule has 1 saturated carbocycles. The van der Waals surface area contributed by atoms with Gasteiger partial charge in [-0.05, 0) is 53.6 Å². The highest BCUT2D eigenvalue weighted by molar-refractivity contribution is 5.30. The van der Waals surface area contributed by atoms with Crippen LogP contribution in [0.15, 0.2) is 24.3 Å². The molecular formula is C19H31N. The molecule has 3 atom stereocenters. The van der Waals surface area contributed by atoms with E-state index in [4.69, 9.17) is 5.73 Å². The number of hydrogen-bond donors (Lipinski definition) is 1. The van der Waals surface area contributed by atoms with Crippen molar-refractivity contribution in [3.63, 3.8) is 0 Å². The average Bonchev–Trinajstić information content (AvgIpc) is 2.38. The van der Waals surface area contributed by atoms with E-state index in [1.54, 1.807) is 0 Å². The molecule has 0 aliphatic heterocycles. The van der Waals surface area contributed by atoms with Gasteiger partial charge in [-0.3, -0.25) is 0 Å². The lowest BCUT2D eigenvalue weighted by atomic mass is 9.71. The molecule has 1 heteroatoms. The number of nitrogens with two attached hydrogens (primary N) is 1. The molecular weight excluding hydrogens is 242 g/mol. The van der Waals surface area contributed by atoms with Crippen LogP contribution in [0.5, 0.6) is 0 Å². The molecule has 1 nitrogen and oxygen atoms in total. The molecule has 2 rings (SSSR count). The van der Waals surface area contributed by atoms with E-state index < -0.39 is 0 Å². The van der Waals surface area contributed by atoms with Crippen LogP contribution in [0, 0.1) is 11.8 Å². The summed E-state index contributed by atoms with van der Waals surface area (Å²) in [4.78, 5) is 0. The van der Waals surface area contributed by atoms with Crippen molar-refractivity contribution in [2.45, 2.75) is 71.3 Å². The zero-order valence-electron chi connectivity index (χ0n) is 13.8. The summed E-state index contributed by atoms with van der Waals surface area (Å²) in [5, 5.41) is 0. The number of benzene rings is 1. The molecule has 0 bridgehead atoms. The summed E-state index contributed by atoms with van der Waals surface area (Å²) in [6.45, 7) is 11.5. The number of hydrogen-bond acceptors (Lipinski definition) is 1. The fourth-order valence-corrected chi connectivity index (χ4v) is 3.45. The second-order valence-corrected chi connectivity index (χ2v) is 7.96. The fraction of sp³-hybridized carbons (Fsp3) is 0.684. The van der Waals surface area contributed by atoms with Crippen molar-refractivity contribution in [2.24, 2.45) is 17.6 Å². The summed E-state index contributed by atoms with van der Waals surface area (Å²) in [6.07, 6.45) is 3.73. The first-order valence-electron chi connectivity index (χ1n) is 8.15. The van der Waals surface area contributed by atoms with Gasteiger partial charge in [-0.1, -0.05) is 58.9 Å². The van der Waals surface area contributed by atoms with Crippen molar-refractivity contribution < 1.29 is 0 Å². The average molecular weight is 273 g/mol. The van der Waals surface area contributed by atoms with E-state index in [0.29, 0.717) is 12.0 Å². The molecule has 1 aliphatic rings. The van der Waals surface area contributed by atoms with Crippen LogP contribution in [0.3, 0.4) is 0 Å². The first-order chi connectivity index (χ1) is 9.29. The van der Waals surface area contributed by atoms with Crippen LogP contribution in [-0.2, 0) is 5.41 Å². The third kappa shape index (κ3) is 3.44. The Hall–Kier alpha value is -0.820. The van der Waals surface area contributed by atoms with E-state index in [0.717, 1.165) is 11.8 Å². The lowest BCUT2D eigenvalue weighted by molar-refractivity contribution is 0.232. The third-order valence-corrected chi connectivity index (χ3v) is 5.09. The summed E-state index contributed by atoms with van der Waals surface area (Å²) in [5.41, 5.74) is 9.48. The molecule has 112 valence electrons. The van der Waals surface area contributed by atoms with Gasteiger partial charge >= 0.3 is 0 Å². The Morgan fingerprint density at radius 1 is 1.05 bits per heavy atom. The van der Waals surface area contributed by atoms with Crippen LogP contribution in [-0.4, -0.2) is 6.04 Å². The van der Waals surface area contributed by atoms with Gasteiger partial charge in [0.15, 0.2) is 0 Å². The summed E-state index contributed by atoms with van der Waals surface area (Å²) in [5.74, 6) is 2.16. The smallest absolute Gasteiger partial charge is 0.0108 e. The van der Waals surface area contributed by atoms with E-state index in [-0.39, 0.29) is 5.41 Å². The van der Waals surface area contributed by atoms with E-state index in [1.165, 1.54) is 30.4 Å². The first-order valence-corrected chi connectivity index (χ1v) is 8.15. The van der Waals surface area contributed by atoms with Gasteiger partial charge in [-0.2, -0.15) is 0 Å². The molecule has 0 saturated heterocycles. The van der Waals surface area contributed by atoms with Gasteiger partial charge in [0.25, 0.3) is 0 Å².